The van der Waals surface area contributed by atoms with Gasteiger partial charge < -0.3 is 5.32 Å². The number of aryl methyl sites for hydroxylation is 1. The summed E-state index contributed by atoms with van der Waals surface area (Å²) in [5, 5.41) is 3.54. The molecule has 0 bridgehead atoms. The van der Waals surface area contributed by atoms with Crippen LogP contribution in [0.4, 0.5) is 0 Å². The van der Waals surface area contributed by atoms with Gasteiger partial charge in [0.25, 0.3) is 0 Å². The normalized spacial score (nSPS) is 24.5. The Morgan fingerprint density at radius 1 is 1.38 bits per heavy atom. The number of nitrogens with one attached hydrogen (secondary N) is 1. The standard InChI is InChI=1S/C14H22N2/c1-10(2)16-9-12-4-5-14(12)13-6-11(3)7-15-8-13/h6-8,10,12,14,16H,4-5,9H2,1-3H3. The molecule has 1 aromatic rings. The molecule has 0 amide bonds. The molecule has 0 radical (unpaired) electrons. The van der Waals surface area contributed by atoms with E-state index in [9.17, 15) is 0 Å². The molecular formula is C14H22N2. The van der Waals surface area contributed by atoms with E-state index in [0.717, 1.165) is 18.4 Å². The van der Waals surface area contributed by atoms with Crippen molar-refractivity contribution >= 4 is 0 Å². The Morgan fingerprint density at radius 3 is 2.75 bits per heavy atom. The molecule has 1 N–H and O–H groups in total. The molecule has 2 rings (SSSR count). The largest absolute Gasteiger partial charge is 0.314 e. The third kappa shape index (κ3) is 2.62. The fourth-order valence-corrected chi connectivity index (χ4v) is 2.42. The van der Waals surface area contributed by atoms with Crippen molar-refractivity contribution < 1.29 is 0 Å². The van der Waals surface area contributed by atoms with Gasteiger partial charge in [-0.1, -0.05) is 19.9 Å². The van der Waals surface area contributed by atoms with Crippen molar-refractivity contribution in [1.82, 2.24) is 10.3 Å². The summed E-state index contributed by atoms with van der Waals surface area (Å²) in [4.78, 5) is 4.30. The summed E-state index contributed by atoms with van der Waals surface area (Å²) in [6.07, 6.45) is 6.66. The van der Waals surface area contributed by atoms with E-state index in [4.69, 9.17) is 0 Å². The maximum Gasteiger partial charge on any atom is 0.0303 e. The average molecular weight is 218 g/mol. The van der Waals surface area contributed by atoms with Crippen LogP contribution in [0.2, 0.25) is 0 Å². The molecule has 2 heteroatoms. The second-order valence-corrected chi connectivity index (χ2v) is 5.30. The number of hydrogen-bond donors (Lipinski definition) is 1. The molecule has 88 valence electrons. The molecule has 0 aromatic carbocycles. The summed E-state index contributed by atoms with van der Waals surface area (Å²) < 4.78 is 0. The predicted octanol–water partition coefficient (Wildman–Crippen LogP) is 2.88. The van der Waals surface area contributed by atoms with Gasteiger partial charge in [0.1, 0.15) is 0 Å². The third-order valence-electron chi connectivity index (χ3n) is 3.53. The Kier molecular flexibility index (Phi) is 3.59. The summed E-state index contributed by atoms with van der Waals surface area (Å²) in [5.74, 6) is 1.55. The Labute approximate surface area is 98.5 Å². The first-order valence-electron chi connectivity index (χ1n) is 6.31. The van der Waals surface area contributed by atoms with E-state index in [1.165, 1.54) is 24.0 Å². The number of aromatic nitrogens is 1. The van der Waals surface area contributed by atoms with Crippen LogP contribution in [0.3, 0.4) is 0 Å². The second kappa shape index (κ2) is 4.96. The molecule has 1 aliphatic carbocycles. The summed E-state index contributed by atoms with van der Waals surface area (Å²) in [5.41, 5.74) is 2.71. The number of hydrogen-bond acceptors (Lipinski definition) is 2. The smallest absolute Gasteiger partial charge is 0.0303 e. The van der Waals surface area contributed by atoms with Gasteiger partial charge in [0.05, 0.1) is 0 Å². The van der Waals surface area contributed by atoms with Crippen LogP contribution < -0.4 is 5.32 Å². The van der Waals surface area contributed by atoms with Gasteiger partial charge in [-0.15, -0.1) is 0 Å². The van der Waals surface area contributed by atoms with Crippen LogP contribution in [0, 0.1) is 12.8 Å². The topological polar surface area (TPSA) is 24.9 Å². The van der Waals surface area contributed by atoms with Crippen molar-refractivity contribution in [3.05, 3.63) is 29.6 Å². The SMILES string of the molecule is Cc1cncc(C2CCC2CNC(C)C)c1. The minimum Gasteiger partial charge on any atom is -0.314 e. The van der Waals surface area contributed by atoms with Crippen molar-refractivity contribution in [3.8, 4) is 0 Å². The maximum atomic E-state index is 4.30. The molecule has 1 aromatic heterocycles. The average Bonchev–Trinajstić information content (AvgIpc) is 2.15. The molecule has 2 unspecified atom stereocenters. The predicted molar refractivity (Wildman–Crippen MR) is 67.6 cm³/mol. The maximum absolute atomic E-state index is 4.30. The minimum atomic E-state index is 0.594. The molecule has 1 heterocycles. The summed E-state index contributed by atoms with van der Waals surface area (Å²) in [6, 6.07) is 2.89. The fourth-order valence-electron chi connectivity index (χ4n) is 2.42. The van der Waals surface area contributed by atoms with Crippen molar-refractivity contribution in [2.24, 2.45) is 5.92 Å². The monoisotopic (exact) mass is 218 g/mol. The van der Waals surface area contributed by atoms with Gasteiger partial charge in [0.2, 0.25) is 0 Å². The molecule has 1 aliphatic rings. The molecule has 16 heavy (non-hydrogen) atoms. The van der Waals surface area contributed by atoms with E-state index < -0.39 is 0 Å². The highest BCUT2D eigenvalue weighted by Crippen LogP contribution is 2.41. The van der Waals surface area contributed by atoms with E-state index >= 15 is 0 Å². The van der Waals surface area contributed by atoms with Gasteiger partial charge in [0, 0.05) is 18.4 Å². The third-order valence-corrected chi connectivity index (χ3v) is 3.53. The van der Waals surface area contributed by atoms with E-state index in [-0.39, 0.29) is 0 Å². The zero-order chi connectivity index (χ0) is 11.5. The molecule has 0 aliphatic heterocycles. The van der Waals surface area contributed by atoms with Gasteiger partial charge in [-0.25, -0.2) is 0 Å². The molecule has 1 saturated carbocycles. The van der Waals surface area contributed by atoms with Gasteiger partial charge >= 0.3 is 0 Å². The van der Waals surface area contributed by atoms with E-state index in [1.807, 2.05) is 12.4 Å². The molecular weight excluding hydrogens is 196 g/mol. The Bertz CT molecular complexity index is 346. The van der Waals surface area contributed by atoms with Gasteiger partial charge in [0.15, 0.2) is 0 Å². The number of rotatable bonds is 4. The van der Waals surface area contributed by atoms with Crippen LogP contribution in [-0.4, -0.2) is 17.6 Å². The summed E-state index contributed by atoms with van der Waals surface area (Å²) in [6.45, 7) is 7.69. The van der Waals surface area contributed by atoms with Crippen LogP contribution in [0.25, 0.3) is 0 Å². The minimum absolute atomic E-state index is 0.594. The summed E-state index contributed by atoms with van der Waals surface area (Å²) >= 11 is 0. The Hall–Kier alpha value is -0.890. The highest BCUT2D eigenvalue weighted by Gasteiger charge is 2.31. The zero-order valence-corrected chi connectivity index (χ0v) is 10.5. The zero-order valence-electron chi connectivity index (χ0n) is 10.5. The lowest BCUT2D eigenvalue weighted by atomic mass is 9.70. The second-order valence-electron chi connectivity index (χ2n) is 5.30. The summed E-state index contributed by atoms with van der Waals surface area (Å²) in [7, 11) is 0. The van der Waals surface area contributed by atoms with Gasteiger partial charge in [-0.2, -0.15) is 0 Å². The van der Waals surface area contributed by atoms with Crippen LogP contribution in [-0.2, 0) is 0 Å². The first-order chi connectivity index (χ1) is 7.66. The van der Waals surface area contributed by atoms with Crippen LogP contribution in [0.1, 0.15) is 43.7 Å². The quantitative estimate of drug-likeness (QED) is 0.840. The first kappa shape index (κ1) is 11.6. The number of pyridine rings is 1. The molecule has 2 atom stereocenters. The first-order valence-corrected chi connectivity index (χ1v) is 6.31. The van der Waals surface area contributed by atoms with Crippen molar-refractivity contribution in [1.29, 1.82) is 0 Å². The van der Waals surface area contributed by atoms with Crippen molar-refractivity contribution in [2.45, 2.75) is 45.6 Å². The fraction of sp³-hybridized carbons (Fsp3) is 0.643. The van der Waals surface area contributed by atoms with E-state index in [1.54, 1.807) is 0 Å². The lowest BCUT2D eigenvalue weighted by Crippen LogP contribution is -2.36. The molecule has 2 nitrogen and oxygen atoms in total. The molecule has 1 fully saturated rings. The van der Waals surface area contributed by atoms with Crippen LogP contribution in [0.5, 0.6) is 0 Å². The van der Waals surface area contributed by atoms with E-state index in [0.29, 0.717) is 6.04 Å². The Morgan fingerprint density at radius 2 is 2.19 bits per heavy atom. The lowest BCUT2D eigenvalue weighted by molar-refractivity contribution is 0.240. The van der Waals surface area contributed by atoms with Crippen LogP contribution >= 0.6 is 0 Å². The van der Waals surface area contributed by atoms with E-state index in [2.05, 4.69) is 37.1 Å². The highest BCUT2D eigenvalue weighted by atomic mass is 14.9. The molecule has 0 saturated heterocycles. The van der Waals surface area contributed by atoms with Gasteiger partial charge in [-0.05, 0) is 49.3 Å². The Balaban J connectivity index is 1.95. The lowest BCUT2D eigenvalue weighted by Gasteiger charge is -2.37. The van der Waals surface area contributed by atoms with Crippen molar-refractivity contribution in [3.63, 3.8) is 0 Å². The number of nitrogens with zero attached hydrogens (tertiary/aromatic N) is 1. The van der Waals surface area contributed by atoms with Crippen LogP contribution in [0.15, 0.2) is 18.5 Å². The van der Waals surface area contributed by atoms with Gasteiger partial charge in [-0.3, -0.25) is 4.98 Å². The molecule has 0 spiro atoms. The highest BCUT2D eigenvalue weighted by molar-refractivity contribution is 5.23. The van der Waals surface area contributed by atoms with Crippen molar-refractivity contribution in [2.75, 3.05) is 6.54 Å².